The molecule has 8 heteroatoms. The maximum Gasteiger partial charge on any atom is 0.164 e. The lowest BCUT2D eigenvalue weighted by atomic mass is 9.96. The zero-order chi connectivity index (χ0) is 47.4. The van der Waals surface area contributed by atoms with Crippen molar-refractivity contribution in [2.24, 2.45) is 0 Å². The number of hydrogen-bond acceptors (Lipinski definition) is 6. The number of nitrogens with zero attached hydrogens (tertiary/aromatic N) is 6. The van der Waals surface area contributed by atoms with Gasteiger partial charge in [0.25, 0.3) is 0 Å². The zero-order valence-corrected chi connectivity index (χ0v) is 39.1. The van der Waals surface area contributed by atoms with Crippen LogP contribution < -0.4 is 0 Å². The van der Waals surface area contributed by atoms with Crippen LogP contribution in [-0.4, -0.2) is 24.1 Å². The third-order valence-electron chi connectivity index (χ3n) is 14.2. The van der Waals surface area contributed by atoms with Gasteiger partial charge >= 0.3 is 0 Å². The van der Waals surface area contributed by atoms with E-state index < -0.39 is 0 Å². The van der Waals surface area contributed by atoms with E-state index in [1.807, 2.05) is 96.3 Å². The van der Waals surface area contributed by atoms with E-state index in [0.29, 0.717) is 45.5 Å². The highest BCUT2D eigenvalue weighted by Gasteiger charge is 2.29. The Morgan fingerprint density at radius 3 is 1.72 bits per heavy atom. The van der Waals surface area contributed by atoms with Crippen molar-refractivity contribution in [3.05, 3.63) is 224 Å². The van der Waals surface area contributed by atoms with E-state index in [4.69, 9.17) is 19.4 Å². The van der Waals surface area contributed by atoms with E-state index in [1.165, 1.54) is 20.2 Å². The summed E-state index contributed by atoms with van der Waals surface area (Å²) in [5, 5.41) is 20.1. The monoisotopic (exact) mass is 936 g/mol. The molecule has 0 saturated heterocycles. The Labute approximate surface area is 415 Å². The molecule has 10 aromatic carbocycles. The Morgan fingerprint density at radius 2 is 1.00 bits per heavy atom. The smallest absolute Gasteiger partial charge is 0.164 e. The van der Waals surface area contributed by atoms with E-state index in [2.05, 4.69) is 149 Å². The van der Waals surface area contributed by atoms with Crippen LogP contribution in [0.5, 0.6) is 0 Å². The minimum absolute atomic E-state index is 0.418. The summed E-state index contributed by atoms with van der Waals surface area (Å²) in [7, 11) is 0. The number of nitriles is 1. The molecule has 0 unspecified atom stereocenters. The first-order chi connectivity index (χ1) is 35.7. The first-order valence-electron chi connectivity index (χ1n) is 23.9. The molecular weight excluding hydrogens is 901 g/mol. The number of hydrogen-bond donors (Lipinski definition) is 0. The van der Waals surface area contributed by atoms with Crippen molar-refractivity contribution >= 4 is 97.1 Å². The van der Waals surface area contributed by atoms with Crippen LogP contribution in [0.15, 0.2) is 223 Å². The van der Waals surface area contributed by atoms with E-state index in [0.717, 1.165) is 82.3 Å². The molecule has 5 heterocycles. The predicted molar refractivity (Wildman–Crippen MR) is 295 cm³/mol. The number of para-hydroxylation sites is 4. The number of rotatable bonds is 6. The predicted octanol–water partition coefficient (Wildman–Crippen LogP) is 16.9. The van der Waals surface area contributed by atoms with Gasteiger partial charge in [-0.05, 0) is 66.2 Å². The maximum absolute atomic E-state index is 11.6. The van der Waals surface area contributed by atoms with Crippen molar-refractivity contribution in [2.45, 2.75) is 0 Å². The highest BCUT2D eigenvalue weighted by Crippen LogP contribution is 2.50. The van der Waals surface area contributed by atoms with E-state index in [9.17, 15) is 5.26 Å². The number of aromatic nitrogens is 5. The van der Waals surface area contributed by atoms with Crippen LogP contribution in [-0.2, 0) is 0 Å². The zero-order valence-electron chi connectivity index (χ0n) is 38.3. The fourth-order valence-electron chi connectivity index (χ4n) is 11.1. The second-order valence-corrected chi connectivity index (χ2v) is 19.3. The third-order valence-corrected chi connectivity index (χ3v) is 15.3. The molecule has 0 aliphatic carbocycles. The van der Waals surface area contributed by atoms with Crippen molar-refractivity contribution in [3.63, 3.8) is 0 Å². The molecule has 0 fully saturated rings. The summed E-state index contributed by atoms with van der Waals surface area (Å²) < 4.78 is 14.4. The molecule has 0 atom stereocenters. The fourth-order valence-corrected chi connectivity index (χ4v) is 12.2. The molecule has 15 rings (SSSR count). The number of furan rings is 1. The van der Waals surface area contributed by atoms with Crippen LogP contribution in [0, 0.1) is 11.3 Å². The van der Waals surface area contributed by atoms with Gasteiger partial charge in [-0.2, -0.15) is 5.26 Å². The van der Waals surface area contributed by atoms with Gasteiger partial charge in [0.15, 0.2) is 23.1 Å². The van der Waals surface area contributed by atoms with Crippen molar-refractivity contribution in [3.8, 4) is 62.7 Å². The molecule has 334 valence electrons. The van der Waals surface area contributed by atoms with Gasteiger partial charge in [0, 0.05) is 80.4 Å². The number of thiophene rings is 1. The van der Waals surface area contributed by atoms with E-state index in [1.54, 1.807) is 0 Å². The Hall–Kier alpha value is -9.68. The summed E-state index contributed by atoms with van der Waals surface area (Å²) >= 11 is 1.83. The average molecular weight is 937 g/mol. The molecule has 7 nitrogen and oxygen atoms in total. The van der Waals surface area contributed by atoms with Gasteiger partial charge in [-0.1, -0.05) is 158 Å². The summed E-state index contributed by atoms with van der Waals surface area (Å²) in [6, 6.07) is 78.5. The first-order valence-corrected chi connectivity index (χ1v) is 24.7. The van der Waals surface area contributed by atoms with Crippen molar-refractivity contribution in [1.82, 2.24) is 24.1 Å². The molecule has 0 aliphatic heterocycles. The van der Waals surface area contributed by atoms with Crippen LogP contribution >= 0.6 is 11.3 Å². The first kappa shape index (κ1) is 40.2. The topological polar surface area (TPSA) is 85.5 Å². The average Bonchev–Trinajstić information content (AvgIpc) is 4.21. The minimum atomic E-state index is 0.418. The van der Waals surface area contributed by atoms with Crippen molar-refractivity contribution in [2.75, 3.05) is 0 Å². The molecule has 0 aliphatic rings. The Kier molecular flexibility index (Phi) is 8.76. The van der Waals surface area contributed by atoms with Gasteiger partial charge in [0.2, 0.25) is 0 Å². The molecule has 0 N–H and O–H groups in total. The standard InChI is InChI=1S/C64H36N6OS/c65-37-41-35-50(64-67-62(38-18-4-1-5-19-38)66-63(68-64)39-20-6-2-7-21-39)56-46-27-12-16-30-53(46)71-61(56)58(41)70-51-28-14-10-24-43(51)49-36-47(40-32-33-55-48(34-40)44-25-13-17-31-54(44)72-55)59-57(60(49)70)45-26-11-15-29-52(45)69(59)42-22-8-3-9-23-42/h1-36H. The van der Waals surface area contributed by atoms with Crippen LogP contribution in [0.3, 0.4) is 0 Å². The molecular formula is C64H36N6OS. The third kappa shape index (κ3) is 5.92. The Bertz CT molecular complexity index is 4690. The lowest BCUT2D eigenvalue weighted by Gasteiger charge is -2.16. The molecule has 0 spiro atoms. The Morgan fingerprint density at radius 1 is 0.417 bits per heavy atom. The highest BCUT2D eigenvalue weighted by molar-refractivity contribution is 7.25. The lowest BCUT2D eigenvalue weighted by Crippen LogP contribution is -2.03. The van der Waals surface area contributed by atoms with Crippen LogP contribution in [0.4, 0.5) is 0 Å². The Balaban J connectivity index is 1.10. The molecule has 0 radical (unpaired) electrons. The molecule has 15 aromatic rings. The van der Waals surface area contributed by atoms with Gasteiger partial charge in [-0.15, -0.1) is 11.3 Å². The molecule has 0 amide bonds. The summed E-state index contributed by atoms with van der Waals surface area (Å²) in [5.74, 6) is 1.51. The van der Waals surface area contributed by atoms with Gasteiger partial charge in [0.05, 0.1) is 27.6 Å². The maximum atomic E-state index is 11.6. The number of fused-ring (bicyclic) bond motifs is 13. The van der Waals surface area contributed by atoms with Crippen molar-refractivity contribution in [1.29, 1.82) is 5.26 Å². The second kappa shape index (κ2) is 15.7. The summed E-state index contributed by atoms with van der Waals surface area (Å²) in [6.45, 7) is 0. The van der Waals surface area contributed by atoms with E-state index >= 15 is 0 Å². The molecule has 0 bridgehead atoms. The quantitative estimate of drug-likeness (QED) is 0.166. The van der Waals surface area contributed by atoms with Gasteiger partial charge in [-0.3, -0.25) is 0 Å². The molecule has 72 heavy (non-hydrogen) atoms. The van der Waals surface area contributed by atoms with Gasteiger partial charge in [0.1, 0.15) is 17.3 Å². The van der Waals surface area contributed by atoms with Gasteiger partial charge < -0.3 is 13.6 Å². The van der Waals surface area contributed by atoms with Crippen molar-refractivity contribution < 1.29 is 4.42 Å². The highest BCUT2D eigenvalue weighted by atomic mass is 32.1. The second-order valence-electron chi connectivity index (χ2n) is 18.2. The molecule has 5 aromatic heterocycles. The summed E-state index contributed by atoms with van der Waals surface area (Å²) in [6.07, 6.45) is 0. The van der Waals surface area contributed by atoms with Crippen LogP contribution in [0.2, 0.25) is 0 Å². The minimum Gasteiger partial charge on any atom is -0.454 e. The lowest BCUT2D eigenvalue weighted by molar-refractivity contribution is 0.666. The molecule has 0 saturated carbocycles. The normalized spacial score (nSPS) is 11.9. The largest absolute Gasteiger partial charge is 0.454 e. The summed E-state index contributed by atoms with van der Waals surface area (Å²) in [4.78, 5) is 15.4. The van der Waals surface area contributed by atoms with Crippen LogP contribution in [0.25, 0.3) is 142 Å². The fraction of sp³-hybridized carbons (Fsp3) is 0. The SMILES string of the molecule is N#Cc1cc(-c2nc(-c3ccccc3)nc(-c3ccccc3)n2)c2c(oc3ccccc32)c1-n1c2ccccc2c2cc(-c3ccc4sc5ccccc5c4c3)c3c(c4ccccc4n3-c3ccccc3)c21. The number of benzene rings is 10. The van der Waals surface area contributed by atoms with E-state index in [-0.39, 0.29) is 0 Å². The summed E-state index contributed by atoms with van der Waals surface area (Å²) in [5.41, 5.74) is 12.1. The van der Waals surface area contributed by atoms with Crippen LogP contribution in [0.1, 0.15) is 5.56 Å². The van der Waals surface area contributed by atoms with Gasteiger partial charge in [-0.25, -0.2) is 15.0 Å².